The van der Waals surface area contributed by atoms with Gasteiger partial charge in [-0.15, -0.1) is 0 Å². The Labute approximate surface area is 177 Å². The van der Waals surface area contributed by atoms with Crippen molar-refractivity contribution in [3.63, 3.8) is 0 Å². The molecule has 11 heteroatoms. The number of benzene rings is 2. The summed E-state index contributed by atoms with van der Waals surface area (Å²) in [5.74, 6) is -0.647. The van der Waals surface area contributed by atoms with E-state index in [-0.39, 0.29) is 36.3 Å². The molecule has 3 rings (SSSR count). The summed E-state index contributed by atoms with van der Waals surface area (Å²) in [6.45, 7) is 0.0249. The highest BCUT2D eigenvalue weighted by Crippen LogP contribution is 2.33. The van der Waals surface area contributed by atoms with Crippen LogP contribution in [0.1, 0.15) is 24.0 Å². The van der Waals surface area contributed by atoms with Crippen molar-refractivity contribution < 1.29 is 39.1 Å². The van der Waals surface area contributed by atoms with Crippen LogP contribution < -0.4 is 0 Å². The molecule has 0 N–H and O–H groups in total. The zero-order valence-electron chi connectivity index (χ0n) is 16.4. The molecule has 0 saturated carbocycles. The lowest BCUT2D eigenvalue weighted by Crippen LogP contribution is -2.36. The first kappa shape index (κ1) is 23.7. The maximum atomic E-state index is 13.7. The van der Waals surface area contributed by atoms with Crippen LogP contribution in [0.15, 0.2) is 52.3 Å². The van der Waals surface area contributed by atoms with Gasteiger partial charge in [-0.3, -0.25) is 0 Å². The minimum atomic E-state index is -4.68. The Kier molecular flexibility index (Phi) is 6.50. The Hall–Kier alpha value is -1.98. The van der Waals surface area contributed by atoms with E-state index in [4.69, 9.17) is 4.74 Å². The van der Waals surface area contributed by atoms with Gasteiger partial charge in [0, 0.05) is 19.3 Å². The molecule has 2 aromatic carbocycles. The van der Waals surface area contributed by atoms with Crippen LogP contribution in [0.3, 0.4) is 0 Å². The molecule has 0 aliphatic carbocycles. The third kappa shape index (κ3) is 5.45. The van der Waals surface area contributed by atoms with Gasteiger partial charge in [0.25, 0.3) is 0 Å². The van der Waals surface area contributed by atoms with Crippen LogP contribution in [0, 0.1) is 5.82 Å². The van der Waals surface area contributed by atoms with Gasteiger partial charge in [0.05, 0.1) is 26.7 Å². The van der Waals surface area contributed by atoms with E-state index < -0.39 is 53.5 Å². The molecule has 1 aliphatic heterocycles. The van der Waals surface area contributed by atoms with Gasteiger partial charge in [0.15, 0.2) is 19.7 Å². The third-order valence-corrected chi connectivity index (χ3v) is 8.53. The zero-order valence-corrected chi connectivity index (χ0v) is 18.0. The molecular formula is C20H20F4O5S2. The van der Waals surface area contributed by atoms with E-state index in [1.54, 1.807) is 0 Å². The first-order valence-corrected chi connectivity index (χ1v) is 12.7. The highest BCUT2D eigenvalue weighted by molar-refractivity contribution is 7.92. The van der Waals surface area contributed by atoms with Gasteiger partial charge in [-0.05, 0) is 54.8 Å². The topological polar surface area (TPSA) is 77.5 Å². The average Bonchev–Trinajstić information content (AvgIpc) is 2.67. The number of ether oxygens (including phenoxy) is 1. The van der Waals surface area contributed by atoms with E-state index in [1.807, 2.05) is 0 Å². The standard InChI is InChI=1S/C20H20F4O5S2/c1-30(25,26)19-6-5-15(21)9-13(19)10-16-12-18(7-8-29-16)31(27,28)17-4-2-3-14(11-17)20(22,23)24/h2-6,9,11,16,18H,7-8,10,12H2,1H3. The summed E-state index contributed by atoms with van der Waals surface area (Å²) in [4.78, 5) is -0.518. The van der Waals surface area contributed by atoms with Crippen LogP contribution in [0.25, 0.3) is 0 Å². The molecule has 5 nitrogen and oxygen atoms in total. The van der Waals surface area contributed by atoms with E-state index in [0.29, 0.717) is 6.07 Å². The van der Waals surface area contributed by atoms with Crippen LogP contribution in [-0.4, -0.2) is 41.1 Å². The monoisotopic (exact) mass is 480 g/mol. The first-order valence-electron chi connectivity index (χ1n) is 9.30. The molecule has 2 aromatic rings. The summed E-state index contributed by atoms with van der Waals surface area (Å²) in [6, 6.07) is 6.77. The first-order chi connectivity index (χ1) is 14.3. The van der Waals surface area contributed by atoms with Crippen LogP contribution in [-0.2, 0) is 37.0 Å². The Balaban J connectivity index is 1.86. The Morgan fingerprint density at radius 2 is 1.77 bits per heavy atom. The number of alkyl halides is 3. The second-order valence-electron chi connectivity index (χ2n) is 7.44. The molecule has 0 aromatic heterocycles. The molecule has 0 bridgehead atoms. The van der Waals surface area contributed by atoms with Crippen molar-refractivity contribution in [1.29, 1.82) is 0 Å². The predicted molar refractivity (Wildman–Crippen MR) is 105 cm³/mol. The van der Waals surface area contributed by atoms with E-state index in [0.717, 1.165) is 42.7 Å². The number of hydrogen-bond donors (Lipinski definition) is 0. The molecule has 2 atom stereocenters. The summed E-state index contributed by atoms with van der Waals surface area (Å²) in [5, 5.41) is -1.01. The van der Waals surface area contributed by atoms with Gasteiger partial charge in [-0.25, -0.2) is 21.2 Å². The maximum absolute atomic E-state index is 13.7. The summed E-state index contributed by atoms with van der Waals surface area (Å²) >= 11 is 0. The third-order valence-electron chi connectivity index (χ3n) is 5.12. The lowest BCUT2D eigenvalue weighted by Gasteiger charge is -2.30. The molecule has 1 heterocycles. The van der Waals surface area contributed by atoms with E-state index in [9.17, 15) is 34.4 Å². The lowest BCUT2D eigenvalue weighted by molar-refractivity contribution is -0.137. The van der Waals surface area contributed by atoms with Crippen molar-refractivity contribution in [1.82, 2.24) is 0 Å². The van der Waals surface area contributed by atoms with Gasteiger partial charge >= 0.3 is 6.18 Å². The van der Waals surface area contributed by atoms with Gasteiger partial charge in [0.2, 0.25) is 0 Å². The largest absolute Gasteiger partial charge is 0.416 e. The summed E-state index contributed by atoms with van der Waals surface area (Å²) in [5.41, 5.74) is -0.903. The Morgan fingerprint density at radius 1 is 1.06 bits per heavy atom. The minimum Gasteiger partial charge on any atom is -0.378 e. The summed E-state index contributed by atoms with van der Waals surface area (Å²) in [6.07, 6.45) is -4.46. The van der Waals surface area contributed by atoms with Crippen LogP contribution in [0.4, 0.5) is 17.6 Å². The smallest absolute Gasteiger partial charge is 0.378 e. The van der Waals surface area contributed by atoms with Crippen molar-refractivity contribution in [3.8, 4) is 0 Å². The minimum absolute atomic E-state index is 0.0249. The molecule has 31 heavy (non-hydrogen) atoms. The number of rotatable bonds is 5. The molecule has 170 valence electrons. The lowest BCUT2D eigenvalue weighted by atomic mass is 10.0. The predicted octanol–water partition coefficient (Wildman–Crippen LogP) is 3.81. The maximum Gasteiger partial charge on any atom is 0.416 e. The summed E-state index contributed by atoms with van der Waals surface area (Å²) < 4.78 is 108. The number of hydrogen-bond acceptors (Lipinski definition) is 5. The Bertz CT molecular complexity index is 1170. The Morgan fingerprint density at radius 3 is 2.42 bits per heavy atom. The SMILES string of the molecule is CS(=O)(=O)c1ccc(F)cc1CC1CC(S(=O)(=O)c2cccc(C(F)(F)F)c2)CCO1. The second-order valence-corrected chi connectivity index (χ2v) is 11.7. The normalized spacial score (nSPS) is 20.5. The van der Waals surface area contributed by atoms with Gasteiger partial charge in [-0.1, -0.05) is 6.07 Å². The fourth-order valence-corrected chi connectivity index (χ4v) is 6.38. The van der Waals surface area contributed by atoms with Crippen LogP contribution in [0.5, 0.6) is 0 Å². The van der Waals surface area contributed by atoms with E-state index in [1.165, 1.54) is 0 Å². The van der Waals surface area contributed by atoms with Crippen LogP contribution in [0.2, 0.25) is 0 Å². The quantitative estimate of drug-likeness (QED) is 0.481. The van der Waals surface area contributed by atoms with Crippen LogP contribution >= 0.6 is 0 Å². The van der Waals surface area contributed by atoms with Crippen molar-refractivity contribution in [2.24, 2.45) is 0 Å². The highest BCUT2D eigenvalue weighted by Gasteiger charge is 2.36. The van der Waals surface area contributed by atoms with Crippen molar-refractivity contribution in [3.05, 3.63) is 59.4 Å². The molecule has 1 aliphatic rings. The second kappa shape index (κ2) is 8.51. The fraction of sp³-hybridized carbons (Fsp3) is 0.400. The van der Waals surface area contributed by atoms with E-state index in [2.05, 4.69) is 0 Å². The fourth-order valence-electron chi connectivity index (χ4n) is 3.63. The van der Waals surface area contributed by atoms with E-state index >= 15 is 0 Å². The molecule has 1 fully saturated rings. The average molecular weight is 481 g/mol. The van der Waals surface area contributed by atoms with Gasteiger partial charge < -0.3 is 4.74 Å². The van der Waals surface area contributed by atoms with Crippen molar-refractivity contribution in [2.75, 3.05) is 12.9 Å². The zero-order chi connectivity index (χ0) is 23.0. The van der Waals surface area contributed by atoms with Gasteiger partial charge in [-0.2, -0.15) is 13.2 Å². The summed E-state index contributed by atoms with van der Waals surface area (Å²) in [7, 11) is -7.74. The molecule has 0 amide bonds. The molecule has 1 saturated heterocycles. The number of sulfone groups is 2. The number of halogens is 4. The molecular weight excluding hydrogens is 460 g/mol. The van der Waals surface area contributed by atoms with Gasteiger partial charge in [0.1, 0.15) is 5.82 Å². The molecule has 2 unspecified atom stereocenters. The highest BCUT2D eigenvalue weighted by atomic mass is 32.2. The molecule has 0 radical (unpaired) electrons. The molecule has 0 spiro atoms. The van der Waals surface area contributed by atoms with Crippen molar-refractivity contribution >= 4 is 19.7 Å². The van der Waals surface area contributed by atoms with Crippen molar-refractivity contribution in [2.45, 2.75) is 46.6 Å².